The molecule has 5 heteroatoms. The fourth-order valence-corrected chi connectivity index (χ4v) is 2.27. The molecule has 1 aromatic heterocycles. The number of carbonyl (C=O) groups excluding carboxylic acids is 1. The lowest BCUT2D eigenvalue weighted by Gasteiger charge is -2.00. The van der Waals surface area contributed by atoms with Crippen LogP contribution in [0.4, 0.5) is 10.1 Å². The summed E-state index contributed by atoms with van der Waals surface area (Å²) in [6.07, 6.45) is 0. The fourth-order valence-electron chi connectivity index (χ4n) is 1.26. The van der Waals surface area contributed by atoms with E-state index in [-0.39, 0.29) is 11.5 Å². The zero-order chi connectivity index (χ0) is 11.7. The fraction of sp³-hybridized carbons (Fsp3) is 0. The molecule has 2 N–H and O–H groups in total. The first-order chi connectivity index (χ1) is 7.58. The normalized spacial score (nSPS) is 10.4. The van der Waals surface area contributed by atoms with E-state index in [2.05, 4.69) is 0 Å². The van der Waals surface area contributed by atoms with E-state index in [1.165, 1.54) is 29.5 Å². The van der Waals surface area contributed by atoms with Gasteiger partial charge in [0.2, 0.25) is 5.78 Å². The summed E-state index contributed by atoms with van der Waals surface area (Å²) in [5.74, 6) is -0.732. The minimum absolute atomic E-state index is 0.0338. The predicted octanol–water partition coefficient (Wildman–Crippen LogP) is 3.35. The van der Waals surface area contributed by atoms with Crippen LogP contribution in [0.5, 0.6) is 0 Å². The second kappa shape index (κ2) is 4.23. The maximum Gasteiger partial charge on any atom is 0.203 e. The lowest BCUT2D eigenvalue weighted by Crippen LogP contribution is -2.01. The number of ketones is 1. The van der Waals surface area contributed by atoms with E-state index in [0.29, 0.717) is 14.8 Å². The summed E-state index contributed by atoms with van der Waals surface area (Å²) in [5, 5.41) is 0. The smallest absolute Gasteiger partial charge is 0.203 e. The highest BCUT2D eigenvalue weighted by molar-refractivity contribution is 7.18. The highest BCUT2D eigenvalue weighted by atomic mass is 35.5. The van der Waals surface area contributed by atoms with Gasteiger partial charge in [0.05, 0.1) is 14.9 Å². The van der Waals surface area contributed by atoms with Crippen molar-refractivity contribution in [1.29, 1.82) is 0 Å². The topological polar surface area (TPSA) is 43.1 Å². The maximum atomic E-state index is 12.9. The van der Waals surface area contributed by atoms with Crippen molar-refractivity contribution in [2.24, 2.45) is 0 Å². The first-order valence-corrected chi connectivity index (χ1v) is 5.62. The minimum Gasteiger partial charge on any atom is -0.396 e. The van der Waals surface area contributed by atoms with Crippen LogP contribution in [0.15, 0.2) is 30.3 Å². The van der Waals surface area contributed by atoms with Gasteiger partial charge in [0, 0.05) is 5.56 Å². The van der Waals surface area contributed by atoms with Gasteiger partial charge in [0.25, 0.3) is 0 Å². The molecule has 1 aromatic carbocycles. The number of carbonyl (C=O) groups is 1. The number of nitrogen functional groups attached to an aromatic ring is 1. The number of nitrogens with two attached hydrogens (primary N) is 1. The molecule has 82 valence electrons. The van der Waals surface area contributed by atoms with Crippen molar-refractivity contribution in [1.82, 2.24) is 0 Å². The van der Waals surface area contributed by atoms with Crippen molar-refractivity contribution in [2.45, 2.75) is 0 Å². The van der Waals surface area contributed by atoms with Crippen LogP contribution in [0.3, 0.4) is 0 Å². The average Bonchev–Trinajstić information content (AvgIpc) is 2.68. The van der Waals surface area contributed by atoms with Crippen molar-refractivity contribution in [3.8, 4) is 0 Å². The second-order valence-electron chi connectivity index (χ2n) is 3.17. The van der Waals surface area contributed by atoms with Crippen molar-refractivity contribution in [3.05, 3.63) is 50.9 Å². The Balaban J connectivity index is 2.38. The summed E-state index contributed by atoms with van der Waals surface area (Å²) in [4.78, 5) is 12.4. The molecule has 0 aliphatic heterocycles. The van der Waals surface area contributed by atoms with Gasteiger partial charge in [0.15, 0.2) is 0 Å². The van der Waals surface area contributed by atoms with Crippen LogP contribution in [0.2, 0.25) is 4.34 Å². The van der Waals surface area contributed by atoms with Gasteiger partial charge >= 0.3 is 0 Å². The molecule has 0 spiro atoms. The van der Waals surface area contributed by atoms with Gasteiger partial charge in [-0.3, -0.25) is 4.79 Å². The number of thiophene rings is 1. The van der Waals surface area contributed by atoms with Gasteiger partial charge in [-0.1, -0.05) is 11.6 Å². The quantitative estimate of drug-likeness (QED) is 0.661. The van der Waals surface area contributed by atoms with E-state index < -0.39 is 5.82 Å². The van der Waals surface area contributed by atoms with Gasteiger partial charge < -0.3 is 5.73 Å². The van der Waals surface area contributed by atoms with Crippen LogP contribution < -0.4 is 5.73 Å². The molecular formula is C11H7ClFNOS. The highest BCUT2D eigenvalue weighted by Crippen LogP contribution is 2.24. The van der Waals surface area contributed by atoms with Crippen LogP contribution in [0, 0.1) is 5.82 Å². The summed E-state index contributed by atoms with van der Waals surface area (Å²) in [5.41, 5.74) is 5.72. The third-order valence-electron chi connectivity index (χ3n) is 2.06. The van der Waals surface area contributed by atoms with E-state index in [9.17, 15) is 9.18 Å². The van der Waals surface area contributed by atoms with Gasteiger partial charge in [-0.25, -0.2) is 4.39 Å². The molecule has 0 bridgehead atoms. The number of hydrogen-bond acceptors (Lipinski definition) is 3. The molecular weight excluding hydrogens is 249 g/mol. The molecule has 0 atom stereocenters. The number of hydrogen-bond donors (Lipinski definition) is 1. The molecule has 0 amide bonds. The molecule has 2 aromatic rings. The third-order valence-corrected chi connectivity index (χ3v) is 3.29. The van der Waals surface area contributed by atoms with Crippen molar-refractivity contribution >= 4 is 34.4 Å². The SMILES string of the molecule is Nc1cc(C(=O)c2ccc(Cl)s2)ccc1F. The summed E-state index contributed by atoms with van der Waals surface area (Å²) in [6.45, 7) is 0. The number of halogens is 2. The monoisotopic (exact) mass is 255 g/mol. The Morgan fingerprint density at radius 3 is 2.62 bits per heavy atom. The number of rotatable bonds is 2. The van der Waals surface area contributed by atoms with Crippen molar-refractivity contribution < 1.29 is 9.18 Å². The van der Waals surface area contributed by atoms with E-state index >= 15 is 0 Å². The Labute approximate surface area is 100 Å². The molecule has 2 rings (SSSR count). The molecule has 16 heavy (non-hydrogen) atoms. The van der Waals surface area contributed by atoms with Crippen LogP contribution in [0.25, 0.3) is 0 Å². The largest absolute Gasteiger partial charge is 0.396 e. The van der Waals surface area contributed by atoms with Gasteiger partial charge in [0.1, 0.15) is 5.82 Å². The molecule has 0 saturated carbocycles. The van der Waals surface area contributed by atoms with Crippen molar-refractivity contribution in [2.75, 3.05) is 5.73 Å². The van der Waals surface area contributed by atoms with E-state index in [4.69, 9.17) is 17.3 Å². The van der Waals surface area contributed by atoms with Gasteiger partial charge in [-0.15, -0.1) is 11.3 Å². The summed E-state index contributed by atoms with van der Waals surface area (Å²) < 4.78 is 13.5. The molecule has 0 aliphatic rings. The molecule has 1 heterocycles. The Kier molecular flexibility index (Phi) is 2.94. The molecule has 0 radical (unpaired) electrons. The number of benzene rings is 1. The predicted molar refractivity (Wildman–Crippen MR) is 63.6 cm³/mol. The summed E-state index contributed by atoms with van der Waals surface area (Å²) in [7, 11) is 0. The lowest BCUT2D eigenvalue weighted by atomic mass is 10.1. The van der Waals surface area contributed by atoms with Crippen LogP contribution in [-0.2, 0) is 0 Å². The first-order valence-electron chi connectivity index (χ1n) is 4.43. The molecule has 0 fully saturated rings. The first kappa shape index (κ1) is 11.1. The highest BCUT2D eigenvalue weighted by Gasteiger charge is 2.12. The Morgan fingerprint density at radius 1 is 1.31 bits per heavy atom. The summed E-state index contributed by atoms with van der Waals surface area (Å²) >= 11 is 6.91. The van der Waals surface area contributed by atoms with Gasteiger partial charge in [-0.2, -0.15) is 0 Å². The van der Waals surface area contributed by atoms with Gasteiger partial charge in [-0.05, 0) is 30.3 Å². The van der Waals surface area contributed by atoms with Crippen LogP contribution in [-0.4, -0.2) is 5.78 Å². The zero-order valence-corrected chi connectivity index (χ0v) is 9.61. The molecule has 2 nitrogen and oxygen atoms in total. The van der Waals surface area contributed by atoms with Crippen molar-refractivity contribution in [3.63, 3.8) is 0 Å². The zero-order valence-electron chi connectivity index (χ0n) is 8.04. The Morgan fingerprint density at radius 2 is 2.06 bits per heavy atom. The molecule has 0 unspecified atom stereocenters. The Hall–Kier alpha value is -1.39. The average molecular weight is 256 g/mol. The Bertz CT molecular complexity index is 553. The van der Waals surface area contributed by atoms with E-state index in [1.54, 1.807) is 12.1 Å². The van der Waals surface area contributed by atoms with E-state index in [1.807, 2.05) is 0 Å². The third kappa shape index (κ3) is 2.08. The lowest BCUT2D eigenvalue weighted by molar-refractivity contribution is 0.104. The maximum absolute atomic E-state index is 12.9. The molecule has 0 aliphatic carbocycles. The minimum atomic E-state index is -0.527. The standard InChI is InChI=1S/C11H7ClFNOS/c12-10-4-3-9(16-10)11(15)6-1-2-7(13)8(14)5-6/h1-5H,14H2. The molecule has 0 saturated heterocycles. The van der Waals surface area contributed by atoms with E-state index in [0.717, 1.165) is 0 Å². The summed E-state index contributed by atoms with van der Waals surface area (Å²) in [6, 6.07) is 7.19. The second-order valence-corrected chi connectivity index (χ2v) is 4.88. The van der Waals surface area contributed by atoms with Crippen LogP contribution >= 0.6 is 22.9 Å². The number of anilines is 1. The van der Waals surface area contributed by atoms with Crippen LogP contribution in [0.1, 0.15) is 15.2 Å².